The van der Waals surface area contributed by atoms with E-state index in [1.54, 1.807) is 0 Å². The van der Waals surface area contributed by atoms with Crippen LogP contribution in [0.5, 0.6) is 0 Å². The number of amides is 3. The van der Waals surface area contributed by atoms with Gasteiger partial charge in [-0.15, -0.1) is 0 Å². The van der Waals surface area contributed by atoms with Gasteiger partial charge < -0.3 is 25.8 Å². The van der Waals surface area contributed by atoms with Gasteiger partial charge in [0, 0.05) is 69.7 Å². The normalized spacial score (nSPS) is 19.7. The highest BCUT2D eigenvalue weighted by molar-refractivity contribution is 6.04. The molecule has 0 radical (unpaired) electrons. The lowest BCUT2D eigenvalue weighted by Gasteiger charge is -2.42. The maximum atomic E-state index is 13.2. The minimum Gasteiger partial charge on any atom is -0.367 e. The average molecular weight is 491 g/mol. The van der Waals surface area contributed by atoms with Gasteiger partial charge in [0.25, 0.3) is 5.91 Å². The zero-order valence-corrected chi connectivity index (χ0v) is 21.0. The number of nitrogens with zero attached hydrogens (tertiary/aromatic N) is 3. The van der Waals surface area contributed by atoms with Crippen LogP contribution in [0.4, 0.5) is 21.9 Å². The highest BCUT2D eigenvalue weighted by Gasteiger charge is 2.27. The van der Waals surface area contributed by atoms with E-state index in [2.05, 4.69) is 25.8 Å². The van der Waals surface area contributed by atoms with Gasteiger partial charge in [-0.05, 0) is 43.2 Å². The van der Waals surface area contributed by atoms with Crippen molar-refractivity contribution in [1.82, 2.24) is 15.1 Å². The molecule has 3 aliphatic rings. The van der Waals surface area contributed by atoms with Crippen LogP contribution in [0, 0.1) is 0 Å². The molecular formula is C28H38N6O2. The Morgan fingerprint density at radius 1 is 0.806 bits per heavy atom. The Morgan fingerprint density at radius 2 is 1.53 bits per heavy atom. The first-order valence-corrected chi connectivity index (χ1v) is 13.4. The summed E-state index contributed by atoms with van der Waals surface area (Å²) in [7, 11) is 0. The first kappa shape index (κ1) is 24.6. The molecule has 1 saturated carbocycles. The molecule has 2 aromatic carbocycles. The number of benzene rings is 2. The molecule has 0 spiro atoms. The number of carbonyl (C=O) groups excluding carboxylic acids is 2. The molecule has 2 saturated heterocycles. The third kappa shape index (κ3) is 5.99. The van der Waals surface area contributed by atoms with Crippen molar-refractivity contribution in [3.05, 3.63) is 54.1 Å². The summed E-state index contributed by atoms with van der Waals surface area (Å²) in [5.74, 6) is 0.0108. The van der Waals surface area contributed by atoms with Crippen LogP contribution in [0.1, 0.15) is 42.5 Å². The number of anilines is 3. The molecule has 3 fully saturated rings. The second kappa shape index (κ2) is 11.8. The Hall–Kier alpha value is -3.10. The molecule has 1 aliphatic carbocycles. The van der Waals surface area contributed by atoms with Gasteiger partial charge in [-0.3, -0.25) is 9.69 Å². The molecule has 0 atom stereocenters. The van der Waals surface area contributed by atoms with Gasteiger partial charge in [0.05, 0.1) is 11.4 Å². The summed E-state index contributed by atoms with van der Waals surface area (Å²) < 4.78 is 0. The predicted molar refractivity (Wildman–Crippen MR) is 145 cm³/mol. The molecule has 36 heavy (non-hydrogen) atoms. The third-order valence-electron chi connectivity index (χ3n) is 7.67. The third-order valence-corrected chi connectivity index (χ3v) is 7.67. The summed E-state index contributed by atoms with van der Waals surface area (Å²) in [6, 6.07) is 15.6. The topological polar surface area (TPSA) is 79.9 Å². The van der Waals surface area contributed by atoms with Crippen LogP contribution in [-0.2, 0) is 0 Å². The van der Waals surface area contributed by atoms with E-state index in [1.807, 2.05) is 53.4 Å². The second-order valence-electron chi connectivity index (χ2n) is 10.0. The van der Waals surface area contributed by atoms with Gasteiger partial charge in [-0.25, -0.2) is 4.79 Å². The van der Waals surface area contributed by atoms with Crippen molar-refractivity contribution in [3.63, 3.8) is 0 Å². The number of piperazine rings is 2. The minimum atomic E-state index is -0.310. The quantitative estimate of drug-likeness (QED) is 0.594. The van der Waals surface area contributed by atoms with Gasteiger partial charge in [0.15, 0.2) is 0 Å². The van der Waals surface area contributed by atoms with Crippen LogP contribution >= 0.6 is 0 Å². The summed E-state index contributed by atoms with van der Waals surface area (Å²) in [5.41, 5.74) is 2.98. The molecule has 0 unspecified atom stereocenters. The fourth-order valence-electron chi connectivity index (χ4n) is 5.68. The molecule has 8 nitrogen and oxygen atoms in total. The zero-order chi connectivity index (χ0) is 24.7. The number of nitrogens with one attached hydrogen (secondary N) is 3. The molecular weight excluding hydrogens is 452 g/mol. The molecule has 3 amide bonds. The molecule has 8 heteroatoms. The van der Waals surface area contributed by atoms with Crippen molar-refractivity contribution >= 4 is 29.0 Å². The fraction of sp³-hybridized carbons (Fsp3) is 0.500. The van der Waals surface area contributed by atoms with Crippen LogP contribution in [0.2, 0.25) is 0 Å². The van der Waals surface area contributed by atoms with Crippen molar-refractivity contribution in [2.75, 3.05) is 67.9 Å². The molecule has 192 valence electrons. The van der Waals surface area contributed by atoms with Crippen LogP contribution in [0.25, 0.3) is 0 Å². The van der Waals surface area contributed by atoms with E-state index in [-0.39, 0.29) is 11.9 Å². The van der Waals surface area contributed by atoms with Crippen LogP contribution < -0.4 is 20.9 Å². The van der Waals surface area contributed by atoms with Gasteiger partial charge in [0.1, 0.15) is 0 Å². The number of hydrogen-bond acceptors (Lipinski definition) is 5. The zero-order valence-electron chi connectivity index (χ0n) is 21.0. The van der Waals surface area contributed by atoms with E-state index in [0.29, 0.717) is 30.4 Å². The summed E-state index contributed by atoms with van der Waals surface area (Å²) in [6.07, 6.45) is 6.69. The molecule has 3 N–H and O–H groups in total. The standard InChI is InChI=1S/C28H38N6O2/c35-27(34-15-13-29-14-16-34)22-11-12-26(25(21-22)31-28(36)30-23-7-3-1-4-8-23)33-19-17-32(18-20-33)24-9-5-2-6-10-24/h1,3-4,7-8,11-12,21,24,29H,2,5-6,9-10,13-20H2,(H2,30,31,36). The lowest BCUT2D eigenvalue weighted by atomic mass is 9.94. The first-order valence-electron chi connectivity index (χ1n) is 13.4. The second-order valence-corrected chi connectivity index (χ2v) is 10.0. The lowest BCUT2D eigenvalue weighted by molar-refractivity contribution is 0.0736. The Morgan fingerprint density at radius 3 is 2.25 bits per heavy atom. The maximum absolute atomic E-state index is 13.2. The van der Waals surface area contributed by atoms with Crippen molar-refractivity contribution in [2.45, 2.75) is 38.1 Å². The number of rotatable bonds is 5. The molecule has 2 heterocycles. The Balaban J connectivity index is 1.32. The Labute approximate surface area is 214 Å². The summed E-state index contributed by atoms with van der Waals surface area (Å²) in [6.45, 7) is 6.89. The van der Waals surface area contributed by atoms with E-state index in [9.17, 15) is 9.59 Å². The fourth-order valence-corrected chi connectivity index (χ4v) is 5.68. The summed E-state index contributed by atoms with van der Waals surface area (Å²) in [5, 5.41) is 9.23. The van der Waals surface area contributed by atoms with Crippen molar-refractivity contribution in [3.8, 4) is 0 Å². The van der Waals surface area contributed by atoms with E-state index < -0.39 is 0 Å². The van der Waals surface area contributed by atoms with E-state index >= 15 is 0 Å². The largest absolute Gasteiger partial charge is 0.367 e. The van der Waals surface area contributed by atoms with Crippen molar-refractivity contribution < 1.29 is 9.59 Å². The summed E-state index contributed by atoms with van der Waals surface area (Å²) in [4.78, 5) is 33.0. The number of para-hydroxylation sites is 1. The van der Waals surface area contributed by atoms with E-state index in [0.717, 1.165) is 50.6 Å². The predicted octanol–water partition coefficient (Wildman–Crippen LogP) is 3.83. The Kier molecular flexibility index (Phi) is 8.03. The molecule has 0 bridgehead atoms. The highest BCUT2D eigenvalue weighted by atomic mass is 16.2. The Bertz CT molecular complexity index is 1030. The average Bonchev–Trinajstić information content (AvgIpc) is 2.94. The van der Waals surface area contributed by atoms with E-state index in [4.69, 9.17) is 0 Å². The minimum absolute atomic E-state index is 0.0108. The first-order chi connectivity index (χ1) is 17.7. The summed E-state index contributed by atoms with van der Waals surface area (Å²) >= 11 is 0. The van der Waals surface area contributed by atoms with Crippen molar-refractivity contribution in [2.24, 2.45) is 0 Å². The monoisotopic (exact) mass is 490 g/mol. The SMILES string of the molecule is O=C(Nc1ccccc1)Nc1cc(C(=O)N2CCNCC2)ccc1N1CCN(C2CCCCC2)CC1. The highest BCUT2D eigenvalue weighted by Crippen LogP contribution is 2.31. The molecule has 2 aromatic rings. The van der Waals surface area contributed by atoms with Crippen LogP contribution in [0.15, 0.2) is 48.5 Å². The maximum Gasteiger partial charge on any atom is 0.323 e. The van der Waals surface area contributed by atoms with Gasteiger partial charge in [-0.1, -0.05) is 37.5 Å². The number of hydrogen-bond donors (Lipinski definition) is 3. The van der Waals surface area contributed by atoms with Crippen LogP contribution in [0.3, 0.4) is 0 Å². The number of carbonyl (C=O) groups is 2. The number of urea groups is 1. The van der Waals surface area contributed by atoms with Crippen molar-refractivity contribution in [1.29, 1.82) is 0 Å². The van der Waals surface area contributed by atoms with Crippen LogP contribution in [-0.4, -0.2) is 80.1 Å². The molecule has 5 rings (SSSR count). The van der Waals surface area contributed by atoms with Gasteiger partial charge in [0.2, 0.25) is 0 Å². The smallest absolute Gasteiger partial charge is 0.323 e. The van der Waals surface area contributed by atoms with Gasteiger partial charge in [-0.2, -0.15) is 0 Å². The van der Waals surface area contributed by atoms with Gasteiger partial charge >= 0.3 is 6.03 Å². The lowest BCUT2D eigenvalue weighted by Crippen LogP contribution is -2.51. The van der Waals surface area contributed by atoms with E-state index in [1.165, 1.54) is 32.1 Å². The molecule has 0 aromatic heterocycles. The molecule has 2 aliphatic heterocycles.